The average Bonchev–Trinajstić information content (AvgIpc) is 2.30. The van der Waals surface area contributed by atoms with Gasteiger partial charge in [0, 0.05) is 12.7 Å². The van der Waals surface area contributed by atoms with Crippen molar-refractivity contribution in [1.82, 2.24) is 0 Å². The summed E-state index contributed by atoms with van der Waals surface area (Å²) in [6.45, 7) is 11.0. The molecule has 1 atom stereocenters. The lowest BCUT2D eigenvalue weighted by atomic mass is 10.2. The third-order valence-corrected chi connectivity index (χ3v) is 8.05. The van der Waals surface area contributed by atoms with Crippen LogP contribution < -0.4 is 0 Å². The number of aliphatic hydroxyl groups is 1. The Labute approximate surface area is 117 Å². The zero-order valence-corrected chi connectivity index (χ0v) is 14.0. The molecule has 0 saturated carbocycles. The monoisotopic (exact) mass is 288 g/mol. The zero-order chi connectivity index (χ0) is 15.1. The Morgan fingerprint density at radius 1 is 1.37 bits per heavy atom. The summed E-state index contributed by atoms with van der Waals surface area (Å²) < 4.78 is 10.8. The highest BCUT2D eigenvalue weighted by Crippen LogP contribution is 2.37. The molecule has 0 aliphatic heterocycles. The van der Waals surface area contributed by atoms with Crippen molar-refractivity contribution in [2.45, 2.75) is 57.8 Å². The first kappa shape index (κ1) is 18.3. The van der Waals surface area contributed by atoms with Gasteiger partial charge >= 0.3 is 5.97 Å². The van der Waals surface area contributed by atoms with E-state index in [1.165, 1.54) is 13.2 Å². The van der Waals surface area contributed by atoms with Gasteiger partial charge in [0.1, 0.15) is 0 Å². The number of ether oxygens (including phenoxy) is 1. The van der Waals surface area contributed by atoms with Crippen LogP contribution in [0.15, 0.2) is 12.2 Å². The second-order valence-corrected chi connectivity index (χ2v) is 10.9. The fraction of sp³-hybridized carbons (Fsp3) is 0.786. The van der Waals surface area contributed by atoms with Crippen LogP contribution in [0.5, 0.6) is 0 Å². The molecule has 0 aliphatic carbocycles. The minimum absolute atomic E-state index is 0.115. The highest BCUT2D eigenvalue weighted by Gasteiger charge is 2.38. The molecule has 0 radical (unpaired) electrons. The fourth-order valence-corrected chi connectivity index (χ4v) is 2.60. The normalized spacial score (nSPS) is 14.7. The number of aliphatic hydroxyl groups excluding tert-OH is 1. The molecular formula is C14H28O4Si. The van der Waals surface area contributed by atoms with Crippen LogP contribution in [0, 0.1) is 0 Å². The predicted octanol–water partition coefficient (Wildman–Crippen LogP) is 2.88. The molecule has 1 N–H and O–H groups in total. The van der Waals surface area contributed by atoms with E-state index in [1.807, 2.05) is 0 Å². The van der Waals surface area contributed by atoms with Crippen LogP contribution in [-0.2, 0) is 14.0 Å². The van der Waals surface area contributed by atoms with Crippen molar-refractivity contribution in [3.63, 3.8) is 0 Å². The maximum absolute atomic E-state index is 11.1. The molecule has 0 heterocycles. The van der Waals surface area contributed by atoms with Gasteiger partial charge < -0.3 is 14.3 Å². The van der Waals surface area contributed by atoms with Gasteiger partial charge in [-0.25, -0.2) is 4.79 Å². The largest absolute Gasteiger partial charge is 0.466 e. The molecule has 0 aliphatic rings. The highest BCUT2D eigenvalue weighted by atomic mass is 28.4. The number of esters is 1. The van der Waals surface area contributed by atoms with E-state index in [-0.39, 0.29) is 23.7 Å². The average molecular weight is 288 g/mol. The van der Waals surface area contributed by atoms with Crippen LogP contribution in [0.4, 0.5) is 0 Å². The molecule has 0 amide bonds. The lowest BCUT2D eigenvalue weighted by Gasteiger charge is -2.38. The number of hydrogen-bond acceptors (Lipinski definition) is 4. The van der Waals surface area contributed by atoms with Crippen LogP contribution in [-0.4, -0.2) is 39.2 Å². The standard InChI is InChI=1S/C14H28O4Si/c1-14(2,3)19(5,6)18-12(8-7-11-15)9-10-13(16)17-4/h9-10,12,15H,7-8,11H2,1-6H3/b10-9+/t12-/m1/s1. The van der Waals surface area contributed by atoms with Crippen LogP contribution in [0.1, 0.15) is 33.6 Å². The third kappa shape index (κ3) is 6.89. The minimum atomic E-state index is -1.89. The summed E-state index contributed by atoms with van der Waals surface area (Å²) in [4.78, 5) is 11.1. The van der Waals surface area contributed by atoms with Crippen molar-refractivity contribution in [2.75, 3.05) is 13.7 Å². The van der Waals surface area contributed by atoms with Gasteiger partial charge in [0.15, 0.2) is 8.32 Å². The second-order valence-electron chi connectivity index (χ2n) is 6.16. The Morgan fingerprint density at radius 3 is 2.37 bits per heavy atom. The van der Waals surface area contributed by atoms with Gasteiger partial charge in [0.2, 0.25) is 0 Å². The van der Waals surface area contributed by atoms with E-state index in [2.05, 4.69) is 38.6 Å². The molecule has 0 unspecified atom stereocenters. The van der Waals surface area contributed by atoms with Gasteiger partial charge in [0.05, 0.1) is 13.2 Å². The lowest BCUT2D eigenvalue weighted by Crippen LogP contribution is -2.43. The van der Waals surface area contributed by atoms with E-state index in [1.54, 1.807) is 6.08 Å². The fourth-order valence-electron chi connectivity index (χ4n) is 1.30. The SMILES string of the molecule is COC(=O)/C=C/[C@@H](CCCO)O[Si](C)(C)C(C)(C)C. The predicted molar refractivity (Wildman–Crippen MR) is 79.5 cm³/mol. The summed E-state index contributed by atoms with van der Waals surface area (Å²) in [6.07, 6.45) is 4.35. The van der Waals surface area contributed by atoms with E-state index < -0.39 is 8.32 Å². The summed E-state index contributed by atoms with van der Waals surface area (Å²) >= 11 is 0. The molecule has 19 heavy (non-hydrogen) atoms. The number of carbonyl (C=O) groups excluding carboxylic acids is 1. The Morgan fingerprint density at radius 2 is 1.95 bits per heavy atom. The van der Waals surface area contributed by atoms with Gasteiger partial charge in [-0.1, -0.05) is 20.8 Å². The Balaban J connectivity index is 4.77. The van der Waals surface area contributed by atoms with Crippen molar-refractivity contribution in [3.05, 3.63) is 12.2 Å². The number of hydrogen-bond donors (Lipinski definition) is 1. The summed E-state index contributed by atoms with van der Waals surface area (Å²) in [5.41, 5.74) is 0. The quantitative estimate of drug-likeness (QED) is 0.444. The van der Waals surface area contributed by atoms with Crippen molar-refractivity contribution in [1.29, 1.82) is 0 Å². The van der Waals surface area contributed by atoms with E-state index in [0.29, 0.717) is 12.8 Å². The molecule has 4 nitrogen and oxygen atoms in total. The third-order valence-electron chi connectivity index (χ3n) is 3.55. The van der Waals surface area contributed by atoms with Gasteiger partial charge in [-0.2, -0.15) is 0 Å². The molecule has 0 spiro atoms. The topological polar surface area (TPSA) is 55.8 Å². The maximum Gasteiger partial charge on any atom is 0.330 e. The first-order chi connectivity index (χ1) is 8.64. The summed E-state index contributed by atoms with van der Waals surface area (Å²) in [6, 6.07) is 0. The molecule has 0 saturated heterocycles. The van der Waals surface area contributed by atoms with Crippen LogP contribution in [0.3, 0.4) is 0 Å². The maximum atomic E-state index is 11.1. The smallest absolute Gasteiger partial charge is 0.330 e. The molecule has 0 aromatic rings. The van der Waals surface area contributed by atoms with E-state index in [0.717, 1.165) is 0 Å². The van der Waals surface area contributed by atoms with Crippen LogP contribution in [0.2, 0.25) is 18.1 Å². The van der Waals surface area contributed by atoms with Crippen LogP contribution in [0.25, 0.3) is 0 Å². The molecule has 0 bridgehead atoms. The molecule has 0 fully saturated rings. The van der Waals surface area contributed by atoms with Crippen molar-refractivity contribution >= 4 is 14.3 Å². The number of methoxy groups -OCH3 is 1. The Kier molecular flexibility index (Phi) is 7.55. The minimum Gasteiger partial charge on any atom is -0.466 e. The summed E-state index contributed by atoms with van der Waals surface area (Å²) in [7, 11) is -0.534. The molecule has 0 aromatic heterocycles. The van der Waals surface area contributed by atoms with Gasteiger partial charge in [0.25, 0.3) is 0 Å². The van der Waals surface area contributed by atoms with Crippen molar-refractivity contribution in [3.8, 4) is 0 Å². The second kappa shape index (κ2) is 7.82. The Hall–Kier alpha value is -0.653. The lowest BCUT2D eigenvalue weighted by molar-refractivity contribution is -0.134. The molecule has 5 heteroatoms. The Bertz CT molecular complexity index is 305. The van der Waals surface area contributed by atoms with E-state index in [4.69, 9.17) is 9.53 Å². The zero-order valence-electron chi connectivity index (χ0n) is 13.0. The first-order valence-corrected chi connectivity index (χ1v) is 9.59. The van der Waals surface area contributed by atoms with Crippen molar-refractivity contribution in [2.24, 2.45) is 0 Å². The summed E-state index contributed by atoms with van der Waals surface area (Å²) in [5, 5.41) is 9.05. The number of carbonyl (C=O) groups is 1. The van der Waals surface area contributed by atoms with Gasteiger partial charge in [-0.3, -0.25) is 0 Å². The molecule has 0 aromatic carbocycles. The van der Waals surface area contributed by atoms with Gasteiger partial charge in [-0.05, 0) is 37.0 Å². The van der Waals surface area contributed by atoms with E-state index in [9.17, 15) is 4.79 Å². The first-order valence-electron chi connectivity index (χ1n) is 6.69. The molecular weight excluding hydrogens is 260 g/mol. The van der Waals surface area contributed by atoms with E-state index >= 15 is 0 Å². The van der Waals surface area contributed by atoms with Gasteiger partial charge in [-0.15, -0.1) is 0 Å². The molecule has 112 valence electrons. The summed E-state index contributed by atoms with van der Waals surface area (Å²) in [5.74, 6) is -0.382. The highest BCUT2D eigenvalue weighted by molar-refractivity contribution is 6.74. The van der Waals surface area contributed by atoms with Crippen molar-refractivity contribution < 1.29 is 19.1 Å². The van der Waals surface area contributed by atoms with Crippen LogP contribution >= 0.6 is 0 Å². The number of rotatable bonds is 7. The molecule has 0 rings (SSSR count).